The first-order valence-corrected chi connectivity index (χ1v) is 7.45. The van der Waals surface area contributed by atoms with Crippen molar-refractivity contribution in [3.05, 3.63) is 40.8 Å². The molecule has 8 nitrogen and oxygen atoms in total. The maximum absolute atomic E-state index is 12.0. The molecule has 106 valence electrons. The van der Waals surface area contributed by atoms with Crippen molar-refractivity contribution in [1.29, 1.82) is 0 Å². The van der Waals surface area contributed by atoms with Crippen LogP contribution < -0.4 is 4.72 Å². The number of nitrogens with one attached hydrogen (secondary N) is 1. The fourth-order valence-corrected chi connectivity index (χ4v) is 3.25. The van der Waals surface area contributed by atoms with E-state index in [1.165, 1.54) is 12.5 Å². The number of sulfonamides is 1. The molecule has 0 atom stereocenters. The summed E-state index contributed by atoms with van der Waals surface area (Å²) >= 11 is 2.87. The molecule has 0 amide bonds. The first kappa shape index (κ1) is 14.6. The predicted molar refractivity (Wildman–Crippen MR) is 69.4 cm³/mol. The second-order valence-electron chi connectivity index (χ2n) is 3.58. The van der Waals surface area contributed by atoms with Gasteiger partial charge in [0, 0.05) is 12.3 Å². The largest absolute Gasteiger partial charge is 0.475 e. The minimum atomic E-state index is -3.92. The van der Waals surface area contributed by atoms with Crippen LogP contribution in [0, 0.1) is 0 Å². The Labute approximate surface area is 122 Å². The van der Waals surface area contributed by atoms with Crippen LogP contribution in [0.4, 0.5) is 0 Å². The molecule has 0 unspecified atom stereocenters. The minimum Gasteiger partial charge on any atom is -0.475 e. The Kier molecular flexibility index (Phi) is 4.16. The molecule has 0 saturated carbocycles. The molecule has 0 aromatic carbocycles. The molecular formula is C10H8BrN3O5S. The van der Waals surface area contributed by atoms with Crippen LogP contribution in [0.15, 0.2) is 38.6 Å². The van der Waals surface area contributed by atoms with Crippen molar-refractivity contribution in [3.8, 4) is 0 Å². The van der Waals surface area contributed by atoms with Gasteiger partial charge in [-0.3, -0.25) is 0 Å². The van der Waals surface area contributed by atoms with Crippen LogP contribution in [0.1, 0.15) is 16.2 Å². The average Bonchev–Trinajstić information content (AvgIpc) is 2.81. The SMILES string of the molecule is O=C(O)c1cc(S(=O)(=O)NCc2ccncn2)c(Br)o1. The number of hydrogen-bond acceptors (Lipinski definition) is 6. The lowest BCUT2D eigenvalue weighted by atomic mass is 10.4. The van der Waals surface area contributed by atoms with E-state index in [0.717, 1.165) is 6.07 Å². The highest BCUT2D eigenvalue weighted by Crippen LogP contribution is 2.26. The molecule has 20 heavy (non-hydrogen) atoms. The summed E-state index contributed by atoms with van der Waals surface area (Å²) in [5.41, 5.74) is 0.474. The number of halogens is 1. The topological polar surface area (TPSA) is 122 Å². The Bertz CT molecular complexity index is 729. The summed E-state index contributed by atoms with van der Waals surface area (Å²) in [6.07, 6.45) is 2.77. The van der Waals surface area contributed by atoms with Gasteiger partial charge in [-0.1, -0.05) is 0 Å². The number of carboxylic acid groups (broad SMARTS) is 1. The number of furan rings is 1. The molecule has 2 rings (SSSR count). The van der Waals surface area contributed by atoms with E-state index in [9.17, 15) is 13.2 Å². The zero-order chi connectivity index (χ0) is 14.8. The first-order chi connectivity index (χ1) is 9.40. The number of rotatable bonds is 5. The predicted octanol–water partition coefficient (Wildman–Crippen LogP) is 1.01. The van der Waals surface area contributed by atoms with E-state index in [0.29, 0.717) is 5.69 Å². The summed E-state index contributed by atoms with van der Waals surface area (Å²) in [7, 11) is -3.92. The van der Waals surface area contributed by atoms with E-state index in [2.05, 4.69) is 30.6 Å². The van der Waals surface area contributed by atoms with Crippen LogP contribution in [0.5, 0.6) is 0 Å². The third kappa shape index (κ3) is 3.21. The molecule has 2 N–H and O–H groups in total. The van der Waals surface area contributed by atoms with Crippen molar-refractivity contribution in [1.82, 2.24) is 14.7 Å². The molecule has 2 aromatic heterocycles. The Morgan fingerprint density at radius 1 is 1.50 bits per heavy atom. The summed E-state index contributed by atoms with van der Waals surface area (Å²) in [5, 5.41) is 8.75. The zero-order valence-corrected chi connectivity index (χ0v) is 12.2. The molecule has 0 bridgehead atoms. The van der Waals surface area contributed by atoms with Crippen LogP contribution >= 0.6 is 15.9 Å². The summed E-state index contributed by atoms with van der Waals surface area (Å²) < 4.78 is 30.9. The van der Waals surface area contributed by atoms with Crippen molar-refractivity contribution in [2.75, 3.05) is 0 Å². The summed E-state index contributed by atoms with van der Waals surface area (Å²) in [6, 6.07) is 2.48. The smallest absolute Gasteiger partial charge is 0.371 e. The summed E-state index contributed by atoms with van der Waals surface area (Å²) in [6.45, 7) is -0.0507. The second kappa shape index (κ2) is 5.69. The number of carbonyl (C=O) groups is 1. The van der Waals surface area contributed by atoms with Gasteiger partial charge in [0.25, 0.3) is 0 Å². The van der Waals surface area contributed by atoms with Crippen molar-refractivity contribution < 1.29 is 22.7 Å². The Morgan fingerprint density at radius 2 is 2.25 bits per heavy atom. The van der Waals surface area contributed by atoms with Crippen LogP contribution in [-0.4, -0.2) is 29.5 Å². The monoisotopic (exact) mass is 361 g/mol. The molecule has 0 saturated heterocycles. The van der Waals surface area contributed by atoms with E-state index in [4.69, 9.17) is 9.52 Å². The number of aromatic carboxylic acids is 1. The highest BCUT2D eigenvalue weighted by molar-refractivity contribution is 9.10. The van der Waals surface area contributed by atoms with Crippen LogP contribution in [-0.2, 0) is 16.6 Å². The van der Waals surface area contributed by atoms with E-state index in [1.54, 1.807) is 6.07 Å². The third-order valence-electron chi connectivity index (χ3n) is 2.24. The fraction of sp³-hybridized carbons (Fsp3) is 0.100. The molecule has 0 aliphatic rings. The van der Waals surface area contributed by atoms with Gasteiger partial charge in [-0.2, -0.15) is 0 Å². The van der Waals surface area contributed by atoms with Crippen molar-refractivity contribution in [2.24, 2.45) is 0 Å². The van der Waals surface area contributed by atoms with Gasteiger partial charge >= 0.3 is 5.97 Å². The number of aromatic nitrogens is 2. The van der Waals surface area contributed by atoms with Gasteiger partial charge in [-0.25, -0.2) is 27.9 Å². The lowest BCUT2D eigenvalue weighted by Crippen LogP contribution is -2.23. The minimum absolute atomic E-state index is 0.0507. The maximum atomic E-state index is 12.0. The number of hydrogen-bond donors (Lipinski definition) is 2. The van der Waals surface area contributed by atoms with Gasteiger partial charge in [0.2, 0.25) is 15.8 Å². The van der Waals surface area contributed by atoms with E-state index < -0.39 is 21.8 Å². The van der Waals surface area contributed by atoms with Crippen LogP contribution in [0.3, 0.4) is 0 Å². The Hall–Kier alpha value is -1.78. The maximum Gasteiger partial charge on any atom is 0.371 e. The first-order valence-electron chi connectivity index (χ1n) is 5.17. The van der Waals surface area contributed by atoms with Gasteiger partial charge in [-0.05, 0) is 22.0 Å². The molecule has 0 fully saturated rings. The van der Waals surface area contributed by atoms with E-state index in [1.807, 2.05) is 0 Å². The number of nitrogens with zero attached hydrogens (tertiary/aromatic N) is 2. The standard InChI is InChI=1S/C10H8BrN3O5S/c11-9-8(3-7(19-9)10(15)16)20(17,18)14-4-6-1-2-12-5-13-6/h1-3,5,14H,4H2,(H,15,16). The average molecular weight is 362 g/mol. The lowest BCUT2D eigenvalue weighted by molar-refractivity contribution is 0.0661. The summed E-state index contributed by atoms with van der Waals surface area (Å²) in [4.78, 5) is 18.0. The van der Waals surface area contributed by atoms with Gasteiger partial charge in [0.05, 0.1) is 12.2 Å². The van der Waals surface area contributed by atoms with Gasteiger partial charge < -0.3 is 9.52 Å². The molecule has 2 aromatic rings. The molecule has 0 spiro atoms. The molecule has 0 aliphatic carbocycles. The number of carboxylic acids is 1. The van der Waals surface area contributed by atoms with Crippen LogP contribution in [0.25, 0.3) is 0 Å². The van der Waals surface area contributed by atoms with Crippen molar-refractivity contribution >= 4 is 31.9 Å². The fourth-order valence-electron chi connectivity index (χ4n) is 1.31. The molecule has 2 heterocycles. The van der Waals surface area contributed by atoms with Gasteiger partial charge in [0.15, 0.2) is 4.67 Å². The molecule has 0 radical (unpaired) electrons. The van der Waals surface area contributed by atoms with E-state index in [-0.39, 0.29) is 16.1 Å². The van der Waals surface area contributed by atoms with E-state index >= 15 is 0 Å². The Balaban J connectivity index is 2.20. The summed E-state index contributed by atoms with van der Waals surface area (Å²) in [5.74, 6) is -1.83. The van der Waals surface area contributed by atoms with Crippen LogP contribution in [0.2, 0.25) is 0 Å². The molecule has 0 aliphatic heterocycles. The highest BCUT2D eigenvalue weighted by atomic mass is 79.9. The molecular weight excluding hydrogens is 354 g/mol. The normalized spacial score (nSPS) is 11.4. The van der Waals surface area contributed by atoms with Gasteiger partial charge in [0.1, 0.15) is 11.2 Å². The van der Waals surface area contributed by atoms with Crippen molar-refractivity contribution in [2.45, 2.75) is 11.4 Å². The van der Waals surface area contributed by atoms with Crippen molar-refractivity contribution in [3.63, 3.8) is 0 Å². The Morgan fingerprint density at radius 3 is 2.80 bits per heavy atom. The molecule has 10 heteroatoms. The van der Waals surface area contributed by atoms with Gasteiger partial charge in [-0.15, -0.1) is 0 Å². The second-order valence-corrected chi connectivity index (χ2v) is 6.03. The third-order valence-corrected chi connectivity index (χ3v) is 4.50. The zero-order valence-electron chi connectivity index (χ0n) is 9.78. The lowest BCUT2D eigenvalue weighted by Gasteiger charge is -2.04. The quantitative estimate of drug-likeness (QED) is 0.814. The highest BCUT2D eigenvalue weighted by Gasteiger charge is 2.24.